The average molecular weight is 332 g/mol. The normalized spacial score (nSPS) is 11.8. The van der Waals surface area contributed by atoms with Crippen molar-refractivity contribution in [2.75, 3.05) is 0 Å². The van der Waals surface area contributed by atoms with Crippen LogP contribution in [-0.2, 0) is 10.0 Å². The molecule has 2 N–H and O–H groups in total. The van der Waals surface area contributed by atoms with E-state index in [-0.39, 0.29) is 0 Å². The minimum absolute atomic E-state index is 0.508. The third-order valence-corrected chi connectivity index (χ3v) is 3.26. The SMILES string of the molecule is NS(=O)(=O)c1cnc(Br)c(C(F)F)c1[N+](=O)[O-]. The lowest BCUT2D eigenvalue weighted by Gasteiger charge is -2.06. The van der Waals surface area contributed by atoms with E-state index >= 15 is 0 Å². The molecule has 94 valence electrons. The molecular formula is C6H4BrF2N3O4S. The fourth-order valence-corrected chi connectivity index (χ4v) is 2.18. The van der Waals surface area contributed by atoms with Gasteiger partial charge in [-0.3, -0.25) is 10.1 Å². The van der Waals surface area contributed by atoms with Crippen molar-refractivity contribution in [2.45, 2.75) is 11.3 Å². The van der Waals surface area contributed by atoms with E-state index in [0.717, 1.165) is 0 Å². The molecule has 0 saturated carbocycles. The van der Waals surface area contributed by atoms with Crippen LogP contribution in [0.4, 0.5) is 14.5 Å². The van der Waals surface area contributed by atoms with Crippen LogP contribution in [0.5, 0.6) is 0 Å². The lowest BCUT2D eigenvalue weighted by atomic mass is 10.2. The van der Waals surface area contributed by atoms with Gasteiger partial charge in [0.05, 0.1) is 11.1 Å². The molecule has 1 aromatic heterocycles. The maximum atomic E-state index is 12.6. The molecule has 11 heteroatoms. The van der Waals surface area contributed by atoms with Gasteiger partial charge in [0.25, 0.3) is 6.43 Å². The smallest absolute Gasteiger partial charge is 0.258 e. The Morgan fingerprint density at radius 3 is 2.41 bits per heavy atom. The number of sulfonamides is 1. The van der Waals surface area contributed by atoms with Crippen molar-refractivity contribution in [3.63, 3.8) is 0 Å². The second kappa shape index (κ2) is 4.58. The number of nitrogens with two attached hydrogens (primary N) is 1. The molecule has 0 aromatic carbocycles. The highest BCUT2D eigenvalue weighted by atomic mass is 79.9. The number of pyridine rings is 1. The first kappa shape index (κ1) is 13.9. The minimum atomic E-state index is -4.51. The first-order valence-electron chi connectivity index (χ1n) is 3.80. The highest BCUT2D eigenvalue weighted by Crippen LogP contribution is 2.37. The summed E-state index contributed by atoms with van der Waals surface area (Å²) in [6, 6.07) is 0. The van der Waals surface area contributed by atoms with Gasteiger partial charge in [0.2, 0.25) is 10.0 Å². The Hall–Kier alpha value is -1.20. The maximum absolute atomic E-state index is 12.6. The Morgan fingerprint density at radius 2 is 2.06 bits per heavy atom. The Kier molecular flexibility index (Phi) is 3.74. The fourth-order valence-electron chi connectivity index (χ4n) is 1.07. The van der Waals surface area contributed by atoms with Crippen molar-refractivity contribution in [3.8, 4) is 0 Å². The molecule has 0 unspecified atom stereocenters. The summed E-state index contributed by atoms with van der Waals surface area (Å²) in [5, 5.41) is 15.3. The van der Waals surface area contributed by atoms with Crippen molar-refractivity contribution >= 4 is 31.6 Å². The lowest BCUT2D eigenvalue weighted by molar-refractivity contribution is -0.389. The summed E-state index contributed by atoms with van der Waals surface area (Å²) in [5.74, 6) is 0. The van der Waals surface area contributed by atoms with E-state index in [1.807, 2.05) is 0 Å². The molecule has 0 fully saturated rings. The van der Waals surface area contributed by atoms with E-state index in [9.17, 15) is 27.3 Å². The predicted octanol–water partition coefficient (Wildman–Crippen LogP) is 1.34. The number of hydrogen-bond acceptors (Lipinski definition) is 5. The van der Waals surface area contributed by atoms with Gasteiger partial charge in [0.15, 0.2) is 4.90 Å². The Balaban J connectivity index is 3.78. The highest BCUT2D eigenvalue weighted by molar-refractivity contribution is 9.10. The summed E-state index contributed by atoms with van der Waals surface area (Å²) in [6.45, 7) is 0. The minimum Gasteiger partial charge on any atom is -0.258 e. The number of primary sulfonamides is 1. The third kappa shape index (κ3) is 2.73. The molecule has 0 atom stereocenters. The molecule has 7 nitrogen and oxygen atoms in total. The maximum Gasteiger partial charge on any atom is 0.302 e. The molecule has 1 rings (SSSR count). The molecule has 0 spiro atoms. The molecule has 1 aromatic rings. The summed E-state index contributed by atoms with van der Waals surface area (Å²) in [5.41, 5.74) is -2.40. The summed E-state index contributed by atoms with van der Waals surface area (Å²) in [4.78, 5) is 11.6. The molecule has 0 bridgehead atoms. The molecule has 0 radical (unpaired) electrons. The molecule has 17 heavy (non-hydrogen) atoms. The number of nitro groups is 1. The Morgan fingerprint density at radius 1 is 1.53 bits per heavy atom. The topological polar surface area (TPSA) is 116 Å². The zero-order valence-electron chi connectivity index (χ0n) is 7.80. The largest absolute Gasteiger partial charge is 0.302 e. The molecule has 0 aliphatic carbocycles. The zero-order chi connectivity index (χ0) is 13.4. The van der Waals surface area contributed by atoms with Crippen LogP contribution in [0.25, 0.3) is 0 Å². The van der Waals surface area contributed by atoms with Crippen molar-refractivity contribution in [1.29, 1.82) is 0 Å². The fraction of sp³-hybridized carbons (Fsp3) is 0.167. The Bertz CT molecular complexity index is 577. The second-order valence-electron chi connectivity index (χ2n) is 2.78. The van der Waals surface area contributed by atoms with Gasteiger partial charge in [0, 0.05) is 0 Å². The number of alkyl halides is 2. The molecule has 1 heterocycles. The molecule has 0 amide bonds. The first-order chi connectivity index (χ1) is 7.66. The van der Waals surface area contributed by atoms with Crippen LogP contribution in [0, 0.1) is 10.1 Å². The number of rotatable bonds is 3. The van der Waals surface area contributed by atoms with Crippen LogP contribution < -0.4 is 5.14 Å². The van der Waals surface area contributed by atoms with E-state index in [0.29, 0.717) is 6.20 Å². The number of halogens is 3. The highest BCUT2D eigenvalue weighted by Gasteiger charge is 2.33. The van der Waals surface area contributed by atoms with Gasteiger partial charge in [-0.05, 0) is 15.9 Å². The second-order valence-corrected chi connectivity index (χ2v) is 5.06. The molecular weight excluding hydrogens is 328 g/mol. The van der Waals surface area contributed by atoms with Crippen LogP contribution in [0.15, 0.2) is 15.7 Å². The van der Waals surface area contributed by atoms with E-state index in [4.69, 9.17) is 0 Å². The van der Waals surface area contributed by atoms with Crippen LogP contribution in [-0.4, -0.2) is 18.3 Å². The van der Waals surface area contributed by atoms with E-state index in [1.165, 1.54) is 0 Å². The standard InChI is InChI=1S/C6H4BrF2N3O4S/c7-5-3(6(8)9)4(12(13)14)2(1-11-5)17(10,15)16/h1,6H,(H2,10,15,16). The Labute approximate surface area is 102 Å². The van der Waals surface area contributed by atoms with E-state index in [1.54, 1.807) is 0 Å². The average Bonchev–Trinajstić information content (AvgIpc) is 2.14. The third-order valence-electron chi connectivity index (χ3n) is 1.71. The summed E-state index contributed by atoms with van der Waals surface area (Å²) in [6.07, 6.45) is -2.72. The van der Waals surface area contributed by atoms with Crippen molar-refractivity contribution in [3.05, 3.63) is 26.5 Å². The monoisotopic (exact) mass is 331 g/mol. The van der Waals surface area contributed by atoms with Gasteiger partial charge in [-0.15, -0.1) is 0 Å². The van der Waals surface area contributed by atoms with Crippen molar-refractivity contribution < 1.29 is 22.1 Å². The van der Waals surface area contributed by atoms with Crippen LogP contribution in [0.1, 0.15) is 12.0 Å². The van der Waals surface area contributed by atoms with E-state index < -0.39 is 42.1 Å². The van der Waals surface area contributed by atoms with Gasteiger partial charge >= 0.3 is 5.69 Å². The molecule has 0 aliphatic heterocycles. The summed E-state index contributed by atoms with van der Waals surface area (Å²) in [7, 11) is -4.51. The van der Waals surface area contributed by atoms with Crippen LogP contribution in [0.3, 0.4) is 0 Å². The number of hydrogen-bond donors (Lipinski definition) is 1. The quantitative estimate of drug-likeness (QED) is 0.509. The predicted molar refractivity (Wildman–Crippen MR) is 54.9 cm³/mol. The van der Waals surface area contributed by atoms with Crippen molar-refractivity contribution in [2.24, 2.45) is 5.14 Å². The van der Waals surface area contributed by atoms with Gasteiger partial charge in [0.1, 0.15) is 10.2 Å². The summed E-state index contributed by atoms with van der Waals surface area (Å²) < 4.78 is 46.7. The van der Waals surface area contributed by atoms with Gasteiger partial charge in [-0.2, -0.15) is 0 Å². The van der Waals surface area contributed by atoms with Gasteiger partial charge < -0.3 is 0 Å². The molecule has 0 aliphatic rings. The number of nitrogens with zero attached hydrogens (tertiary/aromatic N) is 2. The first-order valence-corrected chi connectivity index (χ1v) is 6.14. The van der Waals surface area contributed by atoms with E-state index in [2.05, 4.69) is 26.1 Å². The van der Waals surface area contributed by atoms with Crippen LogP contribution in [0.2, 0.25) is 0 Å². The van der Waals surface area contributed by atoms with Crippen molar-refractivity contribution in [1.82, 2.24) is 4.98 Å². The van der Waals surface area contributed by atoms with Gasteiger partial charge in [-0.1, -0.05) is 0 Å². The number of aromatic nitrogens is 1. The molecule has 0 saturated heterocycles. The lowest BCUT2D eigenvalue weighted by Crippen LogP contribution is -2.16. The summed E-state index contributed by atoms with van der Waals surface area (Å²) >= 11 is 2.59. The zero-order valence-corrected chi connectivity index (χ0v) is 10.2. The van der Waals surface area contributed by atoms with Crippen LogP contribution >= 0.6 is 15.9 Å². The van der Waals surface area contributed by atoms with Gasteiger partial charge in [-0.25, -0.2) is 27.3 Å².